The molecule has 0 saturated heterocycles. The van der Waals surface area contributed by atoms with Gasteiger partial charge in [-0.3, -0.25) is 4.79 Å². The highest BCUT2D eigenvalue weighted by atomic mass is 35.5. The Balaban J connectivity index is 2.15. The van der Waals surface area contributed by atoms with Crippen LogP contribution in [0.4, 0.5) is 0 Å². The molecule has 0 unspecified atom stereocenters. The molecule has 0 spiro atoms. The van der Waals surface area contributed by atoms with Crippen molar-refractivity contribution in [1.29, 1.82) is 0 Å². The number of hydrogen-bond donors (Lipinski definition) is 1. The number of rotatable bonds is 5. The van der Waals surface area contributed by atoms with Crippen LogP contribution in [0.15, 0.2) is 34.9 Å². The Morgan fingerprint density at radius 1 is 1.29 bits per heavy atom. The second-order valence-electron chi connectivity index (χ2n) is 4.57. The Morgan fingerprint density at radius 2 is 2.05 bits per heavy atom. The fourth-order valence-electron chi connectivity index (χ4n) is 1.97. The molecule has 4 nitrogen and oxygen atoms in total. The third-order valence-corrected chi connectivity index (χ3v) is 3.87. The molecular formula is C15H16Cl2N2O2. The number of carbonyl (C=O) groups excluding carboxylic acids is 1. The van der Waals surface area contributed by atoms with Gasteiger partial charge in [0.15, 0.2) is 0 Å². The van der Waals surface area contributed by atoms with Gasteiger partial charge in [0.2, 0.25) is 0 Å². The zero-order valence-electron chi connectivity index (χ0n) is 11.6. The van der Waals surface area contributed by atoms with E-state index in [9.17, 15) is 4.79 Å². The van der Waals surface area contributed by atoms with Gasteiger partial charge in [0.1, 0.15) is 12.0 Å². The van der Waals surface area contributed by atoms with Gasteiger partial charge in [0.05, 0.1) is 22.2 Å². The van der Waals surface area contributed by atoms with Crippen LogP contribution in [0.3, 0.4) is 0 Å². The van der Waals surface area contributed by atoms with Crippen LogP contribution in [0.2, 0.25) is 10.0 Å². The molecule has 1 heterocycles. The van der Waals surface area contributed by atoms with Gasteiger partial charge < -0.3 is 15.1 Å². The predicted molar refractivity (Wildman–Crippen MR) is 83.5 cm³/mol. The molecule has 6 heteroatoms. The third kappa shape index (κ3) is 3.79. The van der Waals surface area contributed by atoms with Crippen LogP contribution in [-0.4, -0.2) is 17.4 Å². The maximum absolute atomic E-state index is 12.4. The summed E-state index contributed by atoms with van der Waals surface area (Å²) in [5, 5.41) is 0.976. The molecule has 0 bridgehead atoms. The molecule has 1 amide bonds. The lowest BCUT2D eigenvalue weighted by molar-refractivity contribution is 0.0752. The van der Waals surface area contributed by atoms with Gasteiger partial charge in [0, 0.05) is 13.1 Å². The molecule has 0 aliphatic carbocycles. The van der Waals surface area contributed by atoms with Gasteiger partial charge in [0.25, 0.3) is 5.91 Å². The third-order valence-electron chi connectivity index (χ3n) is 3.13. The number of nitrogens with zero attached hydrogens (tertiary/aromatic N) is 1. The van der Waals surface area contributed by atoms with E-state index in [2.05, 4.69) is 0 Å². The lowest BCUT2D eigenvalue weighted by Crippen LogP contribution is -2.30. The number of amides is 1. The molecule has 2 aromatic rings. The summed E-state index contributed by atoms with van der Waals surface area (Å²) in [7, 11) is 0. The van der Waals surface area contributed by atoms with E-state index in [0.29, 0.717) is 34.5 Å². The number of halogens is 2. The summed E-state index contributed by atoms with van der Waals surface area (Å²) in [4.78, 5) is 14.1. The molecule has 112 valence electrons. The first-order valence-electron chi connectivity index (χ1n) is 6.55. The molecule has 2 rings (SSSR count). The van der Waals surface area contributed by atoms with E-state index in [1.165, 1.54) is 6.26 Å². The molecule has 0 atom stereocenters. The first kappa shape index (κ1) is 15.9. The van der Waals surface area contributed by atoms with Crippen LogP contribution < -0.4 is 5.73 Å². The van der Waals surface area contributed by atoms with Crippen molar-refractivity contribution < 1.29 is 9.21 Å². The normalized spacial score (nSPS) is 10.7. The first-order valence-corrected chi connectivity index (χ1v) is 7.31. The van der Waals surface area contributed by atoms with Gasteiger partial charge in [-0.1, -0.05) is 29.3 Å². The summed E-state index contributed by atoms with van der Waals surface area (Å²) >= 11 is 11.9. The van der Waals surface area contributed by atoms with Gasteiger partial charge in [-0.05, 0) is 30.7 Å². The lowest BCUT2D eigenvalue weighted by atomic mass is 10.2. The van der Waals surface area contributed by atoms with Crippen molar-refractivity contribution in [1.82, 2.24) is 4.90 Å². The summed E-state index contributed by atoms with van der Waals surface area (Å²) in [6.07, 6.45) is 1.43. The summed E-state index contributed by atoms with van der Waals surface area (Å²) < 4.78 is 5.20. The van der Waals surface area contributed by atoms with Crippen LogP contribution >= 0.6 is 23.2 Å². The Hall–Kier alpha value is -1.49. The second-order valence-corrected chi connectivity index (χ2v) is 5.39. The SMILES string of the molecule is CCN(Cc1ccc(Cl)c(Cl)c1)C(=O)c1coc(CN)c1. The summed E-state index contributed by atoms with van der Waals surface area (Å²) in [5.41, 5.74) is 6.90. The number of benzene rings is 1. The van der Waals surface area contributed by atoms with Crippen LogP contribution in [0, 0.1) is 0 Å². The minimum absolute atomic E-state index is 0.105. The molecule has 0 aliphatic heterocycles. The van der Waals surface area contributed by atoms with Crippen molar-refractivity contribution in [2.75, 3.05) is 6.54 Å². The highest BCUT2D eigenvalue weighted by molar-refractivity contribution is 6.42. The van der Waals surface area contributed by atoms with Gasteiger partial charge in [-0.2, -0.15) is 0 Å². The fraction of sp³-hybridized carbons (Fsp3) is 0.267. The molecular weight excluding hydrogens is 311 g/mol. The van der Waals surface area contributed by atoms with Crippen LogP contribution in [-0.2, 0) is 13.1 Å². The predicted octanol–water partition coefficient (Wildman–Crippen LogP) is 3.71. The Kier molecular flexibility index (Phi) is 5.28. The van der Waals surface area contributed by atoms with Crippen molar-refractivity contribution in [3.8, 4) is 0 Å². The van der Waals surface area contributed by atoms with Crippen molar-refractivity contribution in [2.24, 2.45) is 5.73 Å². The van der Waals surface area contributed by atoms with E-state index in [4.69, 9.17) is 33.4 Å². The standard InChI is InChI=1S/C15H16Cl2N2O2/c1-2-19(8-10-3-4-13(16)14(17)5-10)15(20)11-6-12(7-18)21-9-11/h3-6,9H,2,7-8,18H2,1H3. The Bertz CT molecular complexity index is 640. The summed E-state index contributed by atoms with van der Waals surface area (Å²) in [6.45, 7) is 3.21. The molecule has 1 aromatic heterocycles. The van der Waals surface area contributed by atoms with Gasteiger partial charge in [-0.25, -0.2) is 0 Å². The molecule has 2 N–H and O–H groups in total. The van der Waals surface area contributed by atoms with E-state index < -0.39 is 0 Å². The highest BCUT2D eigenvalue weighted by Gasteiger charge is 2.17. The van der Waals surface area contributed by atoms with Crippen molar-refractivity contribution >= 4 is 29.1 Å². The van der Waals surface area contributed by atoms with Gasteiger partial charge in [-0.15, -0.1) is 0 Å². The minimum atomic E-state index is -0.105. The number of carbonyl (C=O) groups is 1. The molecule has 0 radical (unpaired) electrons. The van der Waals surface area contributed by atoms with E-state index >= 15 is 0 Å². The fourth-order valence-corrected chi connectivity index (χ4v) is 2.29. The Morgan fingerprint density at radius 3 is 2.62 bits per heavy atom. The van der Waals surface area contributed by atoms with Crippen LogP contribution in [0.1, 0.15) is 28.6 Å². The molecule has 21 heavy (non-hydrogen) atoms. The quantitative estimate of drug-likeness (QED) is 0.911. The number of hydrogen-bond acceptors (Lipinski definition) is 3. The van der Waals surface area contributed by atoms with Crippen molar-refractivity contribution in [3.63, 3.8) is 0 Å². The lowest BCUT2D eigenvalue weighted by Gasteiger charge is -2.20. The molecule has 0 aliphatic rings. The number of furan rings is 1. The van der Waals surface area contributed by atoms with Crippen molar-refractivity contribution in [2.45, 2.75) is 20.0 Å². The smallest absolute Gasteiger partial charge is 0.257 e. The minimum Gasteiger partial charge on any atom is -0.467 e. The average molecular weight is 327 g/mol. The van der Waals surface area contributed by atoms with Crippen LogP contribution in [0.25, 0.3) is 0 Å². The highest BCUT2D eigenvalue weighted by Crippen LogP contribution is 2.23. The zero-order chi connectivity index (χ0) is 15.4. The first-order chi connectivity index (χ1) is 10.0. The largest absolute Gasteiger partial charge is 0.467 e. The summed E-state index contributed by atoms with van der Waals surface area (Å²) in [5.74, 6) is 0.482. The van der Waals surface area contributed by atoms with E-state index in [1.54, 1.807) is 23.1 Å². The van der Waals surface area contributed by atoms with Crippen molar-refractivity contribution in [3.05, 3.63) is 57.5 Å². The number of nitrogens with two attached hydrogens (primary N) is 1. The zero-order valence-corrected chi connectivity index (χ0v) is 13.1. The monoisotopic (exact) mass is 326 g/mol. The van der Waals surface area contributed by atoms with Gasteiger partial charge >= 0.3 is 0 Å². The second kappa shape index (κ2) is 6.98. The van der Waals surface area contributed by atoms with Crippen LogP contribution in [0.5, 0.6) is 0 Å². The Labute approximate surface area is 133 Å². The molecule has 0 fully saturated rings. The van der Waals surface area contributed by atoms with E-state index in [1.807, 2.05) is 13.0 Å². The maximum Gasteiger partial charge on any atom is 0.257 e. The average Bonchev–Trinajstić information content (AvgIpc) is 2.96. The maximum atomic E-state index is 12.4. The van der Waals surface area contributed by atoms with E-state index in [0.717, 1.165) is 5.56 Å². The van der Waals surface area contributed by atoms with E-state index in [-0.39, 0.29) is 12.5 Å². The molecule has 0 saturated carbocycles. The topological polar surface area (TPSA) is 59.5 Å². The molecule has 1 aromatic carbocycles. The summed E-state index contributed by atoms with van der Waals surface area (Å²) in [6, 6.07) is 7.01.